The van der Waals surface area contributed by atoms with Gasteiger partial charge in [0.15, 0.2) is 0 Å². The van der Waals surface area contributed by atoms with Crippen LogP contribution in [-0.2, 0) is 28.6 Å². The molecule has 0 aromatic rings. The number of hydrogen-bond donors (Lipinski definition) is 0. The fourth-order valence-corrected chi connectivity index (χ4v) is 5.32. The maximum atomic E-state index is 12.8. The second-order valence-electron chi connectivity index (χ2n) is 9.31. The van der Waals surface area contributed by atoms with Crippen LogP contribution in [0.1, 0.15) is 67.7 Å². The lowest BCUT2D eigenvalue weighted by Crippen LogP contribution is -2.58. The number of ether oxygens (including phenoxy) is 3. The number of allylic oxidation sites excluding steroid dienone is 2. The van der Waals surface area contributed by atoms with Crippen molar-refractivity contribution in [2.45, 2.75) is 86.0 Å². The lowest BCUT2D eigenvalue weighted by molar-refractivity contribution is -0.184. The highest BCUT2D eigenvalue weighted by atomic mass is 16.6. The Kier molecular flexibility index (Phi) is 6.49. The molecule has 0 amide bonds. The molecule has 170 valence electrons. The molecule has 6 heteroatoms. The van der Waals surface area contributed by atoms with Gasteiger partial charge in [0.1, 0.15) is 18.3 Å². The van der Waals surface area contributed by atoms with Gasteiger partial charge in [-0.2, -0.15) is 0 Å². The van der Waals surface area contributed by atoms with Crippen LogP contribution in [-0.4, -0.2) is 36.2 Å². The highest BCUT2D eigenvalue weighted by Gasteiger charge is 2.61. The third-order valence-corrected chi connectivity index (χ3v) is 7.89. The maximum absolute atomic E-state index is 12.8. The zero-order valence-corrected chi connectivity index (χ0v) is 19.6. The van der Waals surface area contributed by atoms with E-state index in [0.717, 1.165) is 18.4 Å². The van der Waals surface area contributed by atoms with Crippen LogP contribution in [0.15, 0.2) is 34.4 Å². The first-order valence-electron chi connectivity index (χ1n) is 11.2. The first kappa shape index (κ1) is 23.3. The average Bonchev–Trinajstić information content (AvgIpc) is 3.03. The van der Waals surface area contributed by atoms with Crippen LogP contribution in [0.25, 0.3) is 0 Å². The number of hydrogen-bond acceptors (Lipinski definition) is 6. The summed E-state index contributed by atoms with van der Waals surface area (Å²) in [5, 5.41) is 0. The molecule has 0 N–H and O–H groups in total. The molecule has 0 bridgehead atoms. The molecule has 1 heterocycles. The van der Waals surface area contributed by atoms with Gasteiger partial charge in [-0.05, 0) is 59.8 Å². The standard InChI is InChI=1S/C25H34O6/c1-8-13(3)22(26)29-18-11-10-17-12-19-20(15(5)24(28)30-19)21(25(17,7)16(18)6)31-23(27)14(4)9-2/h8-9,16-19,21H,10-12H2,1-7H3. The lowest BCUT2D eigenvalue weighted by Gasteiger charge is -2.56. The molecule has 6 nitrogen and oxygen atoms in total. The lowest BCUT2D eigenvalue weighted by atomic mass is 9.52. The Labute approximate surface area is 184 Å². The molecule has 0 aromatic heterocycles. The van der Waals surface area contributed by atoms with Gasteiger partial charge in [-0.1, -0.05) is 26.0 Å². The molecular formula is C25H34O6. The Morgan fingerprint density at radius 2 is 1.65 bits per heavy atom. The maximum Gasteiger partial charge on any atom is 0.334 e. The van der Waals surface area contributed by atoms with Crippen molar-refractivity contribution in [3.05, 3.63) is 34.4 Å². The van der Waals surface area contributed by atoms with E-state index in [1.165, 1.54) is 0 Å². The van der Waals surface area contributed by atoms with Crippen LogP contribution in [0.3, 0.4) is 0 Å². The third-order valence-electron chi connectivity index (χ3n) is 7.89. The predicted molar refractivity (Wildman–Crippen MR) is 116 cm³/mol. The van der Waals surface area contributed by atoms with Gasteiger partial charge in [-0.15, -0.1) is 0 Å². The summed E-state index contributed by atoms with van der Waals surface area (Å²) in [6.45, 7) is 13.0. The molecule has 0 radical (unpaired) electrons. The first-order valence-corrected chi connectivity index (χ1v) is 11.2. The quantitative estimate of drug-likeness (QED) is 0.373. The molecule has 3 rings (SSSR count). The number of rotatable bonds is 4. The Balaban J connectivity index is 2.01. The Morgan fingerprint density at radius 3 is 2.23 bits per heavy atom. The van der Waals surface area contributed by atoms with Gasteiger partial charge in [-0.25, -0.2) is 14.4 Å². The summed E-state index contributed by atoms with van der Waals surface area (Å²) in [6.07, 6.45) is 4.45. The first-order chi connectivity index (χ1) is 14.6. The van der Waals surface area contributed by atoms with Crippen molar-refractivity contribution in [1.29, 1.82) is 0 Å². The molecule has 1 aliphatic heterocycles. The Hall–Kier alpha value is -2.37. The van der Waals surface area contributed by atoms with Gasteiger partial charge in [0.05, 0.1) is 0 Å². The van der Waals surface area contributed by atoms with E-state index in [4.69, 9.17) is 14.2 Å². The number of carbonyl (C=O) groups excluding carboxylic acids is 3. The second kappa shape index (κ2) is 8.64. The second-order valence-corrected chi connectivity index (χ2v) is 9.31. The summed E-state index contributed by atoms with van der Waals surface area (Å²) in [5.74, 6) is -0.950. The zero-order valence-electron chi connectivity index (χ0n) is 19.6. The smallest absolute Gasteiger partial charge is 0.334 e. The van der Waals surface area contributed by atoms with E-state index in [2.05, 4.69) is 13.8 Å². The molecule has 2 saturated carbocycles. The monoisotopic (exact) mass is 430 g/mol. The van der Waals surface area contributed by atoms with Gasteiger partial charge >= 0.3 is 17.9 Å². The Bertz CT molecular complexity index is 878. The molecule has 2 fully saturated rings. The molecule has 3 aliphatic rings. The SMILES string of the molecule is CC=C(C)C(=O)OC1CCC2CC3OC(=O)C(C)=C3C(OC(=O)C(C)=CC)C2(C)C1C. The van der Waals surface area contributed by atoms with Crippen LogP contribution in [0.4, 0.5) is 0 Å². The normalized spacial score (nSPS) is 35.8. The molecule has 0 saturated heterocycles. The molecule has 0 aromatic carbocycles. The zero-order chi connectivity index (χ0) is 23.1. The van der Waals surface area contributed by atoms with Gasteiger partial charge in [0.2, 0.25) is 0 Å². The van der Waals surface area contributed by atoms with Crippen molar-refractivity contribution >= 4 is 17.9 Å². The minimum Gasteiger partial charge on any atom is -0.459 e. The van der Waals surface area contributed by atoms with E-state index in [1.54, 1.807) is 39.8 Å². The fraction of sp³-hybridized carbons (Fsp3) is 0.640. The highest BCUT2D eigenvalue weighted by molar-refractivity contribution is 5.93. The molecule has 31 heavy (non-hydrogen) atoms. The van der Waals surface area contributed by atoms with Gasteiger partial charge < -0.3 is 14.2 Å². The summed E-state index contributed by atoms with van der Waals surface area (Å²) in [5.41, 5.74) is 1.89. The van der Waals surface area contributed by atoms with Gasteiger partial charge in [0.25, 0.3) is 0 Å². The van der Waals surface area contributed by atoms with E-state index < -0.39 is 17.5 Å². The van der Waals surface area contributed by atoms with E-state index in [-0.39, 0.29) is 36.0 Å². The fourth-order valence-electron chi connectivity index (χ4n) is 5.32. The number of esters is 3. The van der Waals surface area contributed by atoms with Crippen molar-refractivity contribution in [2.24, 2.45) is 17.3 Å². The minimum atomic E-state index is -0.607. The molecular weight excluding hydrogens is 396 g/mol. The van der Waals surface area contributed by atoms with Crippen LogP contribution in [0.5, 0.6) is 0 Å². The van der Waals surface area contributed by atoms with Crippen molar-refractivity contribution in [3.8, 4) is 0 Å². The summed E-state index contributed by atoms with van der Waals surface area (Å²) in [7, 11) is 0. The molecule has 0 spiro atoms. The Morgan fingerprint density at radius 1 is 1.06 bits per heavy atom. The van der Waals surface area contributed by atoms with Gasteiger partial charge in [-0.3, -0.25) is 0 Å². The summed E-state index contributed by atoms with van der Waals surface area (Å²) in [4.78, 5) is 37.6. The van der Waals surface area contributed by atoms with Gasteiger partial charge in [0, 0.05) is 33.6 Å². The number of carbonyl (C=O) groups is 3. The van der Waals surface area contributed by atoms with Crippen LogP contribution < -0.4 is 0 Å². The summed E-state index contributed by atoms with van der Waals surface area (Å²) >= 11 is 0. The topological polar surface area (TPSA) is 78.9 Å². The average molecular weight is 431 g/mol. The summed E-state index contributed by atoms with van der Waals surface area (Å²) in [6, 6.07) is 0. The van der Waals surface area contributed by atoms with Crippen LogP contribution in [0, 0.1) is 17.3 Å². The van der Waals surface area contributed by atoms with Crippen molar-refractivity contribution < 1.29 is 28.6 Å². The van der Waals surface area contributed by atoms with E-state index in [0.29, 0.717) is 23.1 Å². The predicted octanol–water partition coefficient (Wildman–Crippen LogP) is 4.44. The van der Waals surface area contributed by atoms with E-state index in [1.807, 2.05) is 6.92 Å². The molecule has 6 atom stereocenters. The van der Waals surface area contributed by atoms with Crippen LogP contribution >= 0.6 is 0 Å². The van der Waals surface area contributed by atoms with Crippen molar-refractivity contribution in [1.82, 2.24) is 0 Å². The largest absolute Gasteiger partial charge is 0.459 e. The molecule has 2 aliphatic carbocycles. The minimum absolute atomic E-state index is 0.0690. The summed E-state index contributed by atoms with van der Waals surface area (Å²) < 4.78 is 17.6. The highest BCUT2D eigenvalue weighted by Crippen LogP contribution is 2.58. The van der Waals surface area contributed by atoms with Crippen molar-refractivity contribution in [2.75, 3.05) is 0 Å². The van der Waals surface area contributed by atoms with Crippen molar-refractivity contribution in [3.63, 3.8) is 0 Å². The number of fused-ring (bicyclic) bond motifs is 2. The third kappa shape index (κ3) is 3.85. The van der Waals surface area contributed by atoms with E-state index >= 15 is 0 Å². The van der Waals surface area contributed by atoms with Crippen LogP contribution in [0.2, 0.25) is 0 Å². The van der Waals surface area contributed by atoms with E-state index in [9.17, 15) is 14.4 Å². The molecule has 6 unspecified atom stereocenters.